The molecule has 0 fully saturated rings. The first-order chi connectivity index (χ1) is 11.6. The summed E-state index contributed by atoms with van der Waals surface area (Å²) in [6.45, 7) is 0.0518. The average Bonchev–Trinajstić information content (AvgIpc) is 2.59. The third-order valence-corrected chi connectivity index (χ3v) is 3.45. The van der Waals surface area contributed by atoms with Crippen LogP contribution < -0.4 is 10.9 Å². The van der Waals surface area contributed by atoms with Crippen molar-refractivity contribution in [3.8, 4) is 0 Å². The van der Waals surface area contributed by atoms with Gasteiger partial charge in [0.15, 0.2) is 0 Å². The highest BCUT2D eigenvalue weighted by Gasteiger charge is 2.10. The fraction of sp³-hybridized carbons (Fsp3) is 0.0556. The number of benzene rings is 1. The lowest BCUT2D eigenvalue weighted by molar-refractivity contribution is 0.102. The van der Waals surface area contributed by atoms with Gasteiger partial charge in [0, 0.05) is 24.0 Å². The predicted octanol–water partition coefficient (Wildman–Crippen LogP) is 2.68. The molecule has 0 saturated carbocycles. The van der Waals surface area contributed by atoms with E-state index in [9.17, 15) is 14.0 Å². The molecule has 0 unspecified atom stereocenters. The van der Waals surface area contributed by atoms with E-state index in [1.165, 1.54) is 29.0 Å². The second-order valence-corrected chi connectivity index (χ2v) is 5.14. The van der Waals surface area contributed by atoms with Crippen molar-refractivity contribution in [2.75, 3.05) is 5.32 Å². The Morgan fingerprint density at radius 3 is 2.62 bits per heavy atom. The van der Waals surface area contributed by atoms with E-state index in [4.69, 9.17) is 0 Å². The van der Waals surface area contributed by atoms with E-state index in [1.807, 2.05) is 0 Å². The van der Waals surface area contributed by atoms with Crippen molar-refractivity contribution in [1.29, 1.82) is 0 Å². The molecule has 24 heavy (non-hydrogen) atoms. The maximum absolute atomic E-state index is 13.8. The third-order valence-electron chi connectivity index (χ3n) is 3.45. The van der Waals surface area contributed by atoms with E-state index in [1.54, 1.807) is 42.6 Å². The number of rotatable bonds is 4. The number of nitrogens with one attached hydrogen (secondary N) is 1. The number of hydrogen-bond acceptors (Lipinski definition) is 3. The van der Waals surface area contributed by atoms with Crippen molar-refractivity contribution in [2.45, 2.75) is 6.54 Å². The van der Waals surface area contributed by atoms with Crippen molar-refractivity contribution >= 4 is 11.7 Å². The summed E-state index contributed by atoms with van der Waals surface area (Å²) >= 11 is 0. The lowest BCUT2D eigenvalue weighted by Crippen LogP contribution is -2.23. The van der Waals surface area contributed by atoms with Crippen LogP contribution in [0.5, 0.6) is 0 Å². The first kappa shape index (κ1) is 15.6. The summed E-state index contributed by atoms with van der Waals surface area (Å²) in [6, 6.07) is 14.1. The van der Waals surface area contributed by atoms with Crippen LogP contribution in [0.3, 0.4) is 0 Å². The molecular weight excluding hydrogens is 309 g/mol. The Kier molecular flexibility index (Phi) is 4.47. The monoisotopic (exact) mass is 323 g/mol. The normalized spacial score (nSPS) is 10.4. The molecule has 1 amide bonds. The summed E-state index contributed by atoms with van der Waals surface area (Å²) in [6.07, 6.45) is 2.97. The topological polar surface area (TPSA) is 64.0 Å². The van der Waals surface area contributed by atoms with Crippen molar-refractivity contribution in [1.82, 2.24) is 9.55 Å². The first-order valence-electron chi connectivity index (χ1n) is 7.30. The van der Waals surface area contributed by atoms with Gasteiger partial charge in [0.05, 0.1) is 12.1 Å². The Balaban J connectivity index is 1.85. The molecule has 0 atom stereocenters. The van der Waals surface area contributed by atoms with Gasteiger partial charge in [0.1, 0.15) is 11.6 Å². The largest absolute Gasteiger partial charge is 0.310 e. The number of aromatic nitrogens is 2. The summed E-state index contributed by atoms with van der Waals surface area (Å²) < 4.78 is 15.0. The molecule has 0 aliphatic rings. The molecule has 3 rings (SSSR count). The van der Waals surface area contributed by atoms with E-state index in [-0.39, 0.29) is 17.7 Å². The van der Waals surface area contributed by atoms with E-state index in [0.29, 0.717) is 11.4 Å². The second kappa shape index (κ2) is 6.87. The standard InChI is InChI=1S/C18H14FN3O2/c19-15-6-2-1-5-13(15)11-22-12-14(8-9-17(22)23)18(24)21-16-7-3-4-10-20-16/h1-10,12H,11H2,(H,20,21,24). The van der Waals surface area contributed by atoms with Crippen LogP contribution in [0.25, 0.3) is 0 Å². The number of nitrogens with zero attached hydrogens (tertiary/aromatic N) is 2. The average molecular weight is 323 g/mol. The molecule has 5 nitrogen and oxygen atoms in total. The lowest BCUT2D eigenvalue weighted by atomic mass is 10.2. The van der Waals surface area contributed by atoms with E-state index < -0.39 is 11.7 Å². The second-order valence-electron chi connectivity index (χ2n) is 5.14. The summed E-state index contributed by atoms with van der Waals surface area (Å²) in [5, 5.41) is 2.64. The van der Waals surface area contributed by atoms with Gasteiger partial charge >= 0.3 is 0 Å². The molecule has 0 aliphatic heterocycles. The molecule has 2 heterocycles. The van der Waals surface area contributed by atoms with Crippen LogP contribution in [0.4, 0.5) is 10.2 Å². The van der Waals surface area contributed by atoms with Gasteiger partial charge in [0.2, 0.25) is 0 Å². The zero-order valence-corrected chi connectivity index (χ0v) is 12.6. The number of anilines is 1. The number of carbonyl (C=O) groups excluding carboxylic acids is 1. The van der Waals surface area contributed by atoms with Crippen LogP contribution in [0.1, 0.15) is 15.9 Å². The van der Waals surface area contributed by atoms with E-state index in [0.717, 1.165) is 0 Å². The number of halogens is 1. The molecule has 0 radical (unpaired) electrons. The van der Waals surface area contributed by atoms with Crippen LogP contribution in [-0.4, -0.2) is 15.5 Å². The summed E-state index contributed by atoms with van der Waals surface area (Å²) in [4.78, 5) is 28.2. The van der Waals surface area contributed by atoms with Gasteiger partial charge < -0.3 is 9.88 Å². The van der Waals surface area contributed by atoms with Crippen LogP contribution in [0.2, 0.25) is 0 Å². The number of amides is 1. The molecule has 3 aromatic rings. The molecule has 1 aromatic carbocycles. The smallest absolute Gasteiger partial charge is 0.258 e. The van der Waals surface area contributed by atoms with Gasteiger partial charge in [-0.1, -0.05) is 24.3 Å². The van der Waals surface area contributed by atoms with Gasteiger partial charge in [-0.25, -0.2) is 9.37 Å². The van der Waals surface area contributed by atoms with E-state index >= 15 is 0 Å². The van der Waals surface area contributed by atoms with Gasteiger partial charge in [-0.15, -0.1) is 0 Å². The molecular formula is C18H14FN3O2. The number of hydrogen-bond donors (Lipinski definition) is 1. The van der Waals surface area contributed by atoms with Crippen LogP contribution >= 0.6 is 0 Å². The minimum Gasteiger partial charge on any atom is -0.310 e. The number of carbonyl (C=O) groups is 1. The fourth-order valence-electron chi connectivity index (χ4n) is 2.22. The van der Waals surface area contributed by atoms with Gasteiger partial charge in [-0.2, -0.15) is 0 Å². The van der Waals surface area contributed by atoms with Crippen molar-refractivity contribution < 1.29 is 9.18 Å². The van der Waals surface area contributed by atoms with Crippen molar-refractivity contribution in [3.05, 3.63) is 94.3 Å². The van der Waals surface area contributed by atoms with Crippen LogP contribution in [-0.2, 0) is 6.54 Å². The van der Waals surface area contributed by atoms with Gasteiger partial charge in [0.25, 0.3) is 11.5 Å². The quantitative estimate of drug-likeness (QED) is 0.803. The third kappa shape index (κ3) is 3.55. The van der Waals surface area contributed by atoms with Gasteiger partial charge in [-0.05, 0) is 24.3 Å². The molecule has 2 aromatic heterocycles. The van der Waals surface area contributed by atoms with Crippen molar-refractivity contribution in [3.63, 3.8) is 0 Å². The summed E-state index contributed by atoms with van der Waals surface area (Å²) in [7, 11) is 0. The Morgan fingerprint density at radius 2 is 1.88 bits per heavy atom. The van der Waals surface area contributed by atoms with Gasteiger partial charge in [-0.3, -0.25) is 9.59 Å². The predicted molar refractivity (Wildman–Crippen MR) is 88.4 cm³/mol. The molecule has 0 spiro atoms. The van der Waals surface area contributed by atoms with Crippen molar-refractivity contribution in [2.24, 2.45) is 0 Å². The molecule has 0 aliphatic carbocycles. The maximum Gasteiger partial charge on any atom is 0.258 e. The minimum atomic E-state index is -0.396. The highest BCUT2D eigenvalue weighted by Crippen LogP contribution is 2.09. The molecule has 1 N–H and O–H groups in total. The Labute approximate surface area is 137 Å². The Hall–Kier alpha value is -3.28. The number of pyridine rings is 2. The zero-order valence-electron chi connectivity index (χ0n) is 12.6. The van der Waals surface area contributed by atoms with Crippen LogP contribution in [0, 0.1) is 5.82 Å². The molecule has 120 valence electrons. The van der Waals surface area contributed by atoms with Crippen LogP contribution in [0.15, 0.2) is 71.8 Å². The molecule has 6 heteroatoms. The fourth-order valence-corrected chi connectivity index (χ4v) is 2.22. The van der Waals surface area contributed by atoms with E-state index in [2.05, 4.69) is 10.3 Å². The maximum atomic E-state index is 13.8. The first-order valence-corrected chi connectivity index (χ1v) is 7.30. The zero-order chi connectivity index (χ0) is 16.9. The summed E-state index contributed by atoms with van der Waals surface area (Å²) in [5.41, 5.74) is 0.353. The Morgan fingerprint density at radius 1 is 1.08 bits per heavy atom. The lowest BCUT2D eigenvalue weighted by Gasteiger charge is -2.09. The summed E-state index contributed by atoms with van der Waals surface area (Å²) in [5.74, 6) is -0.377. The molecule has 0 saturated heterocycles. The Bertz CT molecular complexity index is 923. The highest BCUT2D eigenvalue weighted by molar-refractivity contribution is 6.03. The minimum absolute atomic E-state index is 0.0518. The highest BCUT2D eigenvalue weighted by atomic mass is 19.1. The SMILES string of the molecule is O=C(Nc1ccccn1)c1ccc(=O)n(Cc2ccccc2F)c1. The molecule has 0 bridgehead atoms.